The van der Waals surface area contributed by atoms with Gasteiger partial charge in [0.1, 0.15) is 0 Å². The van der Waals surface area contributed by atoms with Crippen molar-refractivity contribution in [3.8, 4) is 0 Å². The lowest BCUT2D eigenvalue weighted by molar-refractivity contribution is -0.00158. The van der Waals surface area contributed by atoms with Gasteiger partial charge in [-0.3, -0.25) is 4.79 Å². The molecule has 0 radical (unpaired) electrons. The van der Waals surface area contributed by atoms with Gasteiger partial charge in [-0.25, -0.2) is 8.42 Å². The summed E-state index contributed by atoms with van der Waals surface area (Å²) in [4.78, 5) is 14.9. The first kappa shape index (κ1) is 16.1. The predicted molar refractivity (Wildman–Crippen MR) is 82.8 cm³/mol. The highest BCUT2D eigenvalue weighted by Crippen LogP contribution is 2.19. The van der Waals surface area contributed by atoms with Gasteiger partial charge in [-0.1, -0.05) is 29.8 Å². The molecule has 0 saturated heterocycles. The number of hydrogen-bond donors (Lipinski definition) is 0. The number of ketones is 1. The third-order valence-electron chi connectivity index (χ3n) is 3.03. The first-order valence-electron chi connectivity index (χ1n) is 6.21. The molecule has 0 unspecified atom stereocenters. The number of carbonyl (C=O) groups excluding carboxylic acids is 1. The lowest BCUT2D eigenvalue weighted by atomic mass is 10.1. The monoisotopic (exact) mass is 334 g/mol. The number of nitrogens with zero attached hydrogens (tertiary/aromatic N) is 2. The zero-order chi connectivity index (χ0) is 16.3. The molecule has 22 heavy (non-hydrogen) atoms. The fraction of sp³-hybridized carbons (Fsp3) is 0.0667. The highest BCUT2D eigenvalue weighted by Gasteiger charge is 2.38. The summed E-state index contributed by atoms with van der Waals surface area (Å²) < 4.78 is 25.1. The Hall–Kier alpha value is -2.27. The molecule has 0 aliphatic rings. The SMILES string of the molecule is Cc1ccccc1S(=O)(=O)C(=[N+]=[N-])C(=O)c1ccc(Cl)cc1. The number of aryl methyl sites for hydroxylation is 1. The van der Waals surface area contributed by atoms with Crippen molar-refractivity contribution in [1.82, 2.24) is 0 Å². The number of sulfone groups is 1. The van der Waals surface area contributed by atoms with E-state index in [-0.39, 0.29) is 10.5 Å². The van der Waals surface area contributed by atoms with E-state index in [0.29, 0.717) is 10.6 Å². The van der Waals surface area contributed by atoms with E-state index in [1.54, 1.807) is 19.1 Å². The summed E-state index contributed by atoms with van der Waals surface area (Å²) in [5.41, 5.74) is 9.58. The number of rotatable bonds is 3. The maximum atomic E-state index is 12.5. The molecule has 2 rings (SSSR count). The summed E-state index contributed by atoms with van der Waals surface area (Å²) >= 11 is 5.73. The van der Waals surface area contributed by atoms with Gasteiger partial charge < -0.3 is 5.53 Å². The second kappa shape index (κ2) is 6.23. The molecule has 0 spiro atoms. The van der Waals surface area contributed by atoms with Gasteiger partial charge >= 0.3 is 5.04 Å². The Morgan fingerprint density at radius 2 is 1.68 bits per heavy atom. The van der Waals surface area contributed by atoms with E-state index < -0.39 is 20.7 Å². The Morgan fingerprint density at radius 1 is 1.09 bits per heavy atom. The average Bonchev–Trinajstić information content (AvgIpc) is 2.48. The molecule has 0 heterocycles. The molecular formula is C15H11ClN2O3S. The highest BCUT2D eigenvalue weighted by molar-refractivity contribution is 8.08. The molecule has 5 nitrogen and oxygen atoms in total. The smallest absolute Gasteiger partial charge is 0.360 e. The van der Waals surface area contributed by atoms with Crippen molar-refractivity contribution in [2.24, 2.45) is 0 Å². The molecule has 2 aromatic rings. The molecule has 0 fully saturated rings. The largest absolute Gasteiger partial charge is 0.456 e. The van der Waals surface area contributed by atoms with Gasteiger partial charge in [-0.15, -0.1) is 4.79 Å². The van der Waals surface area contributed by atoms with Gasteiger partial charge in [0.05, 0.1) is 4.90 Å². The molecule has 0 aromatic heterocycles. The van der Waals surface area contributed by atoms with Gasteiger partial charge in [0.15, 0.2) is 0 Å². The minimum absolute atomic E-state index is 0.0642. The quantitative estimate of drug-likeness (QED) is 0.284. The number of halogens is 1. The van der Waals surface area contributed by atoms with E-state index in [9.17, 15) is 13.2 Å². The Kier molecular flexibility index (Phi) is 4.56. The minimum Gasteiger partial charge on any atom is -0.360 e. The van der Waals surface area contributed by atoms with Crippen LogP contribution in [0.1, 0.15) is 15.9 Å². The maximum absolute atomic E-state index is 12.5. The van der Waals surface area contributed by atoms with Crippen molar-refractivity contribution in [2.75, 3.05) is 0 Å². The lowest BCUT2D eigenvalue weighted by Crippen LogP contribution is -2.26. The first-order valence-corrected chi connectivity index (χ1v) is 8.07. The average molecular weight is 335 g/mol. The second-order valence-corrected chi connectivity index (χ2v) is 6.78. The van der Waals surface area contributed by atoms with Crippen LogP contribution in [0.4, 0.5) is 0 Å². The summed E-state index contributed by atoms with van der Waals surface area (Å²) in [6.45, 7) is 1.59. The van der Waals surface area contributed by atoms with Crippen molar-refractivity contribution < 1.29 is 18.0 Å². The van der Waals surface area contributed by atoms with Crippen molar-refractivity contribution in [3.63, 3.8) is 0 Å². The molecule has 0 aliphatic carbocycles. The number of carbonyl (C=O) groups is 1. The third-order valence-corrected chi connectivity index (χ3v) is 5.09. The molecule has 0 saturated carbocycles. The first-order chi connectivity index (χ1) is 10.4. The molecule has 7 heteroatoms. The predicted octanol–water partition coefficient (Wildman–Crippen LogP) is 2.93. The summed E-state index contributed by atoms with van der Waals surface area (Å²) in [7, 11) is -4.22. The zero-order valence-corrected chi connectivity index (χ0v) is 13.1. The molecule has 0 atom stereocenters. The van der Waals surface area contributed by atoms with Crippen LogP contribution in [-0.2, 0) is 9.84 Å². The van der Waals surface area contributed by atoms with E-state index in [0.717, 1.165) is 0 Å². The summed E-state index contributed by atoms with van der Waals surface area (Å²) in [6.07, 6.45) is 0. The molecule has 0 N–H and O–H groups in total. The summed E-state index contributed by atoms with van der Waals surface area (Å²) in [5.74, 6) is -0.901. The van der Waals surface area contributed by atoms with Crippen molar-refractivity contribution in [1.29, 1.82) is 0 Å². The standard InChI is InChI=1S/C15H11ClN2O3S/c1-10-4-2-3-5-13(10)22(20,21)15(18-17)14(19)11-6-8-12(16)9-7-11/h2-9H,1H3. The van der Waals surface area contributed by atoms with E-state index in [2.05, 4.69) is 4.79 Å². The van der Waals surface area contributed by atoms with Crippen LogP contribution in [0.3, 0.4) is 0 Å². The minimum atomic E-state index is -4.22. The Bertz CT molecular complexity index is 883. The third kappa shape index (κ3) is 2.99. The van der Waals surface area contributed by atoms with Crippen LogP contribution < -0.4 is 0 Å². The van der Waals surface area contributed by atoms with Crippen LogP contribution in [-0.4, -0.2) is 24.0 Å². The van der Waals surface area contributed by atoms with Crippen LogP contribution in [0.25, 0.3) is 5.53 Å². The van der Waals surface area contributed by atoms with Crippen LogP contribution >= 0.6 is 11.6 Å². The van der Waals surface area contributed by atoms with Crippen molar-refractivity contribution >= 4 is 32.3 Å². The Morgan fingerprint density at radius 3 is 2.23 bits per heavy atom. The maximum Gasteiger partial charge on any atom is 0.456 e. The molecule has 0 amide bonds. The molecule has 0 aliphatic heterocycles. The molecule has 2 aromatic carbocycles. The van der Waals surface area contributed by atoms with E-state index >= 15 is 0 Å². The Balaban J connectivity index is 2.53. The normalized spacial score (nSPS) is 10.8. The highest BCUT2D eigenvalue weighted by atomic mass is 35.5. The Labute approximate surface area is 132 Å². The van der Waals surface area contributed by atoms with E-state index in [4.69, 9.17) is 17.1 Å². The van der Waals surface area contributed by atoms with Gasteiger partial charge in [-0.2, -0.15) is 0 Å². The van der Waals surface area contributed by atoms with Gasteiger partial charge in [-0.05, 0) is 42.8 Å². The topological polar surface area (TPSA) is 87.6 Å². The number of hydrogen-bond acceptors (Lipinski definition) is 3. The van der Waals surface area contributed by atoms with Crippen LogP contribution in [0.15, 0.2) is 53.4 Å². The van der Waals surface area contributed by atoms with Crippen molar-refractivity contribution in [3.05, 3.63) is 70.2 Å². The van der Waals surface area contributed by atoms with E-state index in [1.807, 2.05) is 0 Å². The van der Waals surface area contributed by atoms with Crippen molar-refractivity contribution in [2.45, 2.75) is 11.8 Å². The second-order valence-electron chi connectivity index (χ2n) is 4.51. The van der Waals surface area contributed by atoms with Gasteiger partial charge in [0, 0.05) is 10.6 Å². The van der Waals surface area contributed by atoms with Gasteiger partial charge in [0.25, 0.3) is 15.6 Å². The number of Topliss-reactive ketones (excluding diaryl/α,β-unsaturated/α-hetero) is 1. The molecule has 112 valence electrons. The van der Waals surface area contributed by atoms with Crippen LogP contribution in [0, 0.1) is 6.92 Å². The molecule has 0 bridgehead atoms. The molecular weight excluding hydrogens is 324 g/mol. The summed E-state index contributed by atoms with van der Waals surface area (Å²) in [5, 5.41) is -0.523. The number of benzene rings is 2. The zero-order valence-electron chi connectivity index (χ0n) is 11.5. The van der Waals surface area contributed by atoms with Crippen LogP contribution in [0.5, 0.6) is 0 Å². The fourth-order valence-electron chi connectivity index (χ4n) is 1.91. The lowest BCUT2D eigenvalue weighted by Gasteiger charge is -2.03. The summed E-state index contributed by atoms with van der Waals surface area (Å²) in [6, 6.07) is 11.8. The van der Waals surface area contributed by atoms with Crippen LogP contribution in [0.2, 0.25) is 5.02 Å². The van der Waals surface area contributed by atoms with Gasteiger partial charge in [0.2, 0.25) is 0 Å². The van der Waals surface area contributed by atoms with E-state index in [1.165, 1.54) is 36.4 Å². The fourth-order valence-corrected chi connectivity index (χ4v) is 3.46.